The van der Waals surface area contributed by atoms with Crippen LogP contribution in [0.5, 0.6) is 6.01 Å². The maximum atomic E-state index is 16.9. The summed E-state index contributed by atoms with van der Waals surface area (Å²) in [5, 5.41) is 6.07. The van der Waals surface area contributed by atoms with Crippen molar-refractivity contribution in [1.29, 1.82) is 0 Å². The third-order valence-corrected chi connectivity index (χ3v) is 11.1. The molecule has 0 spiro atoms. The standard InChI is InChI=1S/C37H41FN6O/c1-4-23-15-37(16-24(5-2)19-44(37)18-23)22-45-36-41-34-30(35(42-36)43-20-27-13-14-28(21-43)40-27)17-39-33(32(34)38)29-12-8-11-26-10-7-9-25(6-3)31(26)29/h3,7-12,17,23-24,27-28,40H,4-5,13-16,18-22H2,1-2H3/t23?,24?,27-,28+,37?. The Morgan fingerprint density at radius 3 is 2.40 bits per heavy atom. The predicted molar refractivity (Wildman–Crippen MR) is 177 cm³/mol. The molecule has 2 unspecified atom stereocenters. The molecular formula is C37H41FN6O. The summed E-state index contributed by atoms with van der Waals surface area (Å²) in [6.07, 6.45) is 14.5. The first-order valence-corrected chi connectivity index (χ1v) is 16.7. The number of ether oxygens (including phenoxy) is 1. The zero-order valence-corrected chi connectivity index (χ0v) is 26.2. The number of piperazine rings is 1. The zero-order chi connectivity index (χ0) is 30.7. The molecule has 2 aromatic carbocycles. The van der Waals surface area contributed by atoms with E-state index in [1.165, 1.54) is 12.8 Å². The van der Waals surface area contributed by atoms with Gasteiger partial charge < -0.3 is 15.0 Å². The summed E-state index contributed by atoms with van der Waals surface area (Å²) in [6.45, 7) is 8.97. The summed E-state index contributed by atoms with van der Waals surface area (Å²) < 4.78 is 23.4. The molecule has 1 N–H and O–H groups in total. The fourth-order valence-electron chi connectivity index (χ4n) is 8.73. The topological polar surface area (TPSA) is 66.4 Å². The van der Waals surface area contributed by atoms with Gasteiger partial charge in [-0.3, -0.25) is 9.88 Å². The van der Waals surface area contributed by atoms with Gasteiger partial charge in [0.1, 0.15) is 23.6 Å². The van der Waals surface area contributed by atoms with Crippen LogP contribution in [0.3, 0.4) is 0 Å². The van der Waals surface area contributed by atoms with Crippen molar-refractivity contribution in [3.05, 3.63) is 54.0 Å². The maximum absolute atomic E-state index is 16.9. The first-order valence-electron chi connectivity index (χ1n) is 16.7. The third-order valence-electron chi connectivity index (χ3n) is 11.1. The van der Waals surface area contributed by atoms with Gasteiger partial charge in [-0.15, -0.1) is 6.42 Å². The molecule has 45 heavy (non-hydrogen) atoms. The fraction of sp³-hybridized carbons (Fsp3) is 0.486. The highest BCUT2D eigenvalue weighted by atomic mass is 19.1. The molecule has 8 heteroatoms. The highest BCUT2D eigenvalue weighted by molar-refractivity contribution is 6.02. The minimum absolute atomic E-state index is 0.00941. The van der Waals surface area contributed by atoms with Crippen molar-refractivity contribution in [2.75, 3.05) is 37.7 Å². The van der Waals surface area contributed by atoms with Gasteiger partial charge in [-0.1, -0.05) is 62.9 Å². The number of aromatic nitrogens is 3. The Morgan fingerprint density at radius 1 is 1.00 bits per heavy atom. The lowest BCUT2D eigenvalue weighted by Crippen LogP contribution is -2.51. The van der Waals surface area contributed by atoms with Crippen LogP contribution >= 0.6 is 0 Å². The Morgan fingerprint density at radius 2 is 1.71 bits per heavy atom. The zero-order valence-electron chi connectivity index (χ0n) is 26.2. The molecule has 0 amide bonds. The number of hydrogen-bond acceptors (Lipinski definition) is 7. The van der Waals surface area contributed by atoms with Crippen molar-refractivity contribution in [2.45, 2.75) is 70.0 Å². The maximum Gasteiger partial charge on any atom is 0.319 e. The fourth-order valence-corrected chi connectivity index (χ4v) is 8.73. The lowest BCUT2D eigenvalue weighted by atomic mass is 9.86. The van der Waals surface area contributed by atoms with Gasteiger partial charge in [0.2, 0.25) is 0 Å². The van der Waals surface area contributed by atoms with Crippen molar-refractivity contribution in [3.8, 4) is 29.6 Å². The average molecular weight is 605 g/mol. The lowest BCUT2D eigenvalue weighted by molar-refractivity contribution is 0.107. The minimum Gasteiger partial charge on any atom is -0.461 e. The van der Waals surface area contributed by atoms with Crippen LogP contribution in [-0.2, 0) is 0 Å². The molecule has 6 heterocycles. The normalized spacial score (nSPS) is 27.7. The van der Waals surface area contributed by atoms with Crippen LogP contribution in [0.15, 0.2) is 42.6 Å². The molecule has 4 aliphatic heterocycles. The smallest absolute Gasteiger partial charge is 0.319 e. The van der Waals surface area contributed by atoms with Gasteiger partial charge in [-0.05, 0) is 49.0 Å². The third kappa shape index (κ3) is 4.83. The van der Waals surface area contributed by atoms with Crippen molar-refractivity contribution in [1.82, 2.24) is 25.2 Å². The number of pyridine rings is 1. The molecule has 8 rings (SSSR count). The molecule has 0 radical (unpaired) electrons. The van der Waals surface area contributed by atoms with E-state index in [-0.39, 0.29) is 22.8 Å². The average Bonchev–Trinajstić information content (AvgIpc) is 3.71. The molecule has 7 nitrogen and oxygen atoms in total. The highest BCUT2D eigenvalue weighted by Gasteiger charge is 2.51. The van der Waals surface area contributed by atoms with E-state index in [1.807, 2.05) is 36.4 Å². The lowest BCUT2D eigenvalue weighted by Gasteiger charge is -2.34. The molecule has 2 aromatic heterocycles. The Balaban J connectivity index is 1.23. The summed E-state index contributed by atoms with van der Waals surface area (Å²) in [5.41, 5.74) is 1.84. The SMILES string of the molecule is C#Cc1cccc2cccc(-c3ncc4c(N5C[C@H]6CC[C@@H](C5)N6)nc(OCC56CC(CC)CN5CC(CC)C6)nc4c3F)c12. The number of hydrogen-bond donors (Lipinski definition) is 1. The Labute approximate surface area is 264 Å². The number of benzene rings is 2. The summed E-state index contributed by atoms with van der Waals surface area (Å²) in [6, 6.07) is 12.6. The first kappa shape index (κ1) is 28.7. The Hall–Kier alpha value is -3.80. The van der Waals surface area contributed by atoms with Crippen LogP contribution in [0, 0.1) is 30.0 Å². The van der Waals surface area contributed by atoms with Crippen molar-refractivity contribution in [3.63, 3.8) is 0 Å². The molecule has 0 saturated carbocycles. The number of nitrogens with zero attached hydrogens (tertiary/aromatic N) is 5. The van der Waals surface area contributed by atoms with Crippen molar-refractivity contribution < 1.29 is 9.13 Å². The molecule has 4 aliphatic rings. The van der Waals surface area contributed by atoms with E-state index in [2.05, 4.69) is 34.9 Å². The van der Waals surface area contributed by atoms with Crippen LogP contribution in [0.1, 0.15) is 57.9 Å². The van der Waals surface area contributed by atoms with Gasteiger partial charge in [0.15, 0.2) is 5.82 Å². The van der Waals surface area contributed by atoms with Gasteiger partial charge in [-0.25, -0.2) is 4.39 Å². The molecular weight excluding hydrogens is 563 g/mol. The summed E-state index contributed by atoms with van der Waals surface area (Å²) in [7, 11) is 0. The Bertz CT molecular complexity index is 1790. The summed E-state index contributed by atoms with van der Waals surface area (Å²) in [4.78, 5) is 19.4. The number of rotatable bonds is 7. The van der Waals surface area contributed by atoms with Gasteiger partial charge in [0.25, 0.3) is 0 Å². The number of anilines is 1. The second kappa shape index (κ2) is 11.2. The molecule has 0 aliphatic carbocycles. The van der Waals surface area contributed by atoms with E-state index in [1.54, 1.807) is 6.20 Å². The van der Waals surface area contributed by atoms with E-state index in [0.717, 1.165) is 62.6 Å². The van der Waals surface area contributed by atoms with Crippen LogP contribution in [0.2, 0.25) is 0 Å². The molecule has 4 atom stereocenters. The molecule has 2 bridgehead atoms. The second-order valence-electron chi connectivity index (χ2n) is 13.8. The number of halogens is 1. The van der Waals surface area contributed by atoms with E-state index in [0.29, 0.717) is 52.9 Å². The van der Waals surface area contributed by atoms with E-state index < -0.39 is 5.82 Å². The van der Waals surface area contributed by atoms with Gasteiger partial charge in [-0.2, -0.15) is 9.97 Å². The largest absolute Gasteiger partial charge is 0.461 e. The molecule has 232 valence electrons. The van der Waals surface area contributed by atoms with Crippen LogP contribution in [0.4, 0.5) is 10.2 Å². The van der Waals surface area contributed by atoms with Gasteiger partial charge in [0, 0.05) is 61.0 Å². The highest BCUT2D eigenvalue weighted by Crippen LogP contribution is 2.46. The van der Waals surface area contributed by atoms with Gasteiger partial charge in [0.05, 0.1) is 10.9 Å². The van der Waals surface area contributed by atoms with Crippen molar-refractivity contribution in [2.24, 2.45) is 11.8 Å². The van der Waals surface area contributed by atoms with E-state index >= 15 is 4.39 Å². The van der Waals surface area contributed by atoms with Crippen LogP contribution < -0.4 is 15.0 Å². The van der Waals surface area contributed by atoms with Gasteiger partial charge >= 0.3 is 6.01 Å². The monoisotopic (exact) mass is 604 g/mol. The number of terminal acetylenes is 1. The van der Waals surface area contributed by atoms with E-state index in [9.17, 15) is 0 Å². The van der Waals surface area contributed by atoms with Crippen LogP contribution in [-0.4, -0.2) is 70.3 Å². The number of fused-ring (bicyclic) bond motifs is 5. The first-order chi connectivity index (χ1) is 22.0. The van der Waals surface area contributed by atoms with E-state index in [4.69, 9.17) is 26.1 Å². The Kier molecular flexibility index (Phi) is 7.15. The quantitative estimate of drug-likeness (QED) is 0.253. The van der Waals surface area contributed by atoms with Crippen molar-refractivity contribution >= 4 is 27.5 Å². The summed E-state index contributed by atoms with van der Waals surface area (Å²) >= 11 is 0. The van der Waals surface area contributed by atoms with Crippen LogP contribution in [0.25, 0.3) is 32.9 Å². The second-order valence-corrected chi connectivity index (χ2v) is 13.8. The molecule has 4 fully saturated rings. The minimum atomic E-state index is -0.475. The number of nitrogens with one attached hydrogen (secondary N) is 1. The molecule has 4 aromatic rings. The predicted octanol–water partition coefficient (Wildman–Crippen LogP) is 6.19. The molecule has 4 saturated heterocycles. The summed E-state index contributed by atoms with van der Waals surface area (Å²) in [5.74, 6) is 4.36.